The van der Waals surface area contributed by atoms with Gasteiger partial charge in [-0.3, -0.25) is 4.79 Å². The van der Waals surface area contributed by atoms with Gasteiger partial charge in [-0.05, 0) is 54.5 Å². The van der Waals surface area contributed by atoms with Crippen molar-refractivity contribution in [2.45, 2.75) is 20.0 Å². The maximum Gasteiger partial charge on any atom is 0.252 e. The van der Waals surface area contributed by atoms with E-state index in [0.717, 1.165) is 11.1 Å². The molecule has 3 N–H and O–H groups in total. The number of primary amides is 1. The number of nitrogens with one attached hydrogen (secondary N) is 1. The number of H-pyrrole nitrogens is 1. The quantitative estimate of drug-likeness (QED) is 0.703. The predicted octanol–water partition coefficient (Wildman–Crippen LogP) is 2.43. The third kappa shape index (κ3) is 3.49. The number of hydrogen-bond donors (Lipinski definition) is 2. The molecule has 0 saturated carbocycles. The van der Waals surface area contributed by atoms with Crippen LogP contribution in [0.15, 0.2) is 36.4 Å². The number of nitrogens with zero attached hydrogens (tertiary/aromatic N) is 3. The minimum atomic E-state index is -0.595. The number of carbonyl (C=O) groups excluding carboxylic acids is 1. The fourth-order valence-electron chi connectivity index (χ4n) is 2.61. The summed E-state index contributed by atoms with van der Waals surface area (Å²) in [6, 6.07) is 10.9. The fraction of sp³-hybridized carbons (Fsp3) is 0.222. The first-order chi connectivity index (χ1) is 12.5. The minimum Gasteiger partial charge on any atom is -0.497 e. The van der Waals surface area contributed by atoms with E-state index < -0.39 is 5.91 Å². The fourth-order valence-corrected chi connectivity index (χ4v) is 2.61. The Bertz CT molecular complexity index is 923. The molecule has 8 heteroatoms. The van der Waals surface area contributed by atoms with E-state index in [1.54, 1.807) is 19.2 Å². The van der Waals surface area contributed by atoms with Gasteiger partial charge in [-0.25, -0.2) is 0 Å². The number of amides is 1. The average molecular weight is 353 g/mol. The molecule has 134 valence electrons. The zero-order valence-corrected chi connectivity index (χ0v) is 14.7. The summed E-state index contributed by atoms with van der Waals surface area (Å²) in [5, 5.41) is 14.1. The highest BCUT2D eigenvalue weighted by molar-refractivity contribution is 5.99. The van der Waals surface area contributed by atoms with Crippen LogP contribution in [0.4, 0.5) is 0 Å². The lowest BCUT2D eigenvalue weighted by Crippen LogP contribution is -2.16. The van der Waals surface area contributed by atoms with Gasteiger partial charge in [0.1, 0.15) is 11.5 Å². The highest BCUT2D eigenvalue weighted by atomic mass is 16.5. The van der Waals surface area contributed by atoms with E-state index in [1.165, 1.54) is 0 Å². The monoisotopic (exact) mass is 353 g/mol. The highest BCUT2D eigenvalue weighted by Gasteiger charge is 2.20. The number of benzene rings is 2. The summed E-state index contributed by atoms with van der Waals surface area (Å²) in [6.07, 6.45) is -0.123. The molecule has 0 bridgehead atoms. The second kappa shape index (κ2) is 7.22. The van der Waals surface area contributed by atoms with E-state index in [4.69, 9.17) is 15.2 Å². The normalized spacial score (nSPS) is 10.8. The van der Waals surface area contributed by atoms with E-state index in [2.05, 4.69) is 20.6 Å². The van der Waals surface area contributed by atoms with Crippen molar-refractivity contribution in [2.75, 3.05) is 7.11 Å². The smallest absolute Gasteiger partial charge is 0.252 e. The molecule has 0 atom stereocenters. The number of hydrogen-bond acceptors (Lipinski definition) is 6. The van der Waals surface area contributed by atoms with Crippen LogP contribution in [0.1, 0.15) is 24.2 Å². The lowest BCUT2D eigenvalue weighted by Gasteiger charge is -2.17. The highest BCUT2D eigenvalue weighted by Crippen LogP contribution is 2.37. The summed E-state index contributed by atoms with van der Waals surface area (Å²) < 4.78 is 11.1. The van der Waals surface area contributed by atoms with Crippen LogP contribution in [-0.4, -0.2) is 39.7 Å². The Labute approximate surface area is 150 Å². The first-order valence-electron chi connectivity index (χ1n) is 8.02. The summed E-state index contributed by atoms with van der Waals surface area (Å²) in [7, 11) is 1.60. The van der Waals surface area contributed by atoms with E-state index in [9.17, 15) is 4.79 Å². The summed E-state index contributed by atoms with van der Waals surface area (Å²) >= 11 is 0. The van der Waals surface area contributed by atoms with E-state index in [-0.39, 0.29) is 11.7 Å². The van der Waals surface area contributed by atoms with Crippen molar-refractivity contribution >= 4 is 5.91 Å². The van der Waals surface area contributed by atoms with Crippen molar-refractivity contribution in [1.29, 1.82) is 0 Å². The first kappa shape index (κ1) is 17.4. The number of rotatable bonds is 6. The Morgan fingerprint density at radius 3 is 2.62 bits per heavy atom. The molecule has 26 heavy (non-hydrogen) atoms. The van der Waals surface area contributed by atoms with E-state index in [1.807, 2.05) is 38.1 Å². The molecule has 1 amide bonds. The molecule has 0 saturated heterocycles. The topological polar surface area (TPSA) is 116 Å². The Balaban J connectivity index is 2.27. The van der Waals surface area contributed by atoms with Crippen molar-refractivity contribution in [3.8, 4) is 34.0 Å². The van der Waals surface area contributed by atoms with Crippen LogP contribution < -0.4 is 15.2 Å². The zero-order chi connectivity index (χ0) is 18.7. The molecule has 3 rings (SSSR count). The van der Waals surface area contributed by atoms with Crippen LogP contribution >= 0.6 is 0 Å². The molecule has 0 radical (unpaired) electrons. The molecule has 0 aliphatic carbocycles. The van der Waals surface area contributed by atoms with Gasteiger partial charge in [0.2, 0.25) is 5.82 Å². The maximum atomic E-state index is 11.9. The van der Waals surface area contributed by atoms with Crippen LogP contribution in [0.3, 0.4) is 0 Å². The number of aromatic nitrogens is 4. The summed E-state index contributed by atoms with van der Waals surface area (Å²) in [5.41, 5.74) is 8.03. The van der Waals surface area contributed by atoms with Crippen LogP contribution in [-0.2, 0) is 0 Å². The molecule has 0 spiro atoms. The van der Waals surface area contributed by atoms with E-state index >= 15 is 0 Å². The lowest BCUT2D eigenvalue weighted by molar-refractivity contribution is 0.0994. The van der Waals surface area contributed by atoms with Gasteiger partial charge < -0.3 is 15.2 Å². The molecular formula is C18H19N5O3. The molecule has 1 aromatic heterocycles. The van der Waals surface area contributed by atoms with Crippen LogP contribution in [0.5, 0.6) is 11.5 Å². The molecule has 3 aromatic rings. The summed E-state index contributed by atoms with van der Waals surface area (Å²) in [4.78, 5) is 11.9. The van der Waals surface area contributed by atoms with Gasteiger partial charge in [0.15, 0.2) is 0 Å². The second-order valence-electron chi connectivity index (χ2n) is 5.89. The standard InChI is InChI=1S/C18H19N5O3/c1-10(2)26-16-9-13(11-5-4-6-12(7-11)25-3)14(8-15(16)17(19)24)18-20-22-23-21-18/h4-10H,1-3H3,(H2,19,24)(H,20,21,22,23). The first-order valence-corrected chi connectivity index (χ1v) is 8.02. The maximum absolute atomic E-state index is 11.9. The Kier molecular flexibility index (Phi) is 4.83. The zero-order valence-electron chi connectivity index (χ0n) is 14.7. The van der Waals surface area contributed by atoms with Crippen LogP contribution in [0, 0.1) is 0 Å². The SMILES string of the molecule is COc1cccc(-c2cc(OC(C)C)c(C(N)=O)cc2-c2nn[nH]n2)c1. The molecule has 0 unspecified atom stereocenters. The number of methoxy groups -OCH3 is 1. The number of nitrogens with two attached hydrogens (primary N) is 1. The van der Waals surface area contributed by atoms with Gasteiger partial charge in [-0.2, -0.15) is 5.21 Å². The number of aromatic amines is 1. The van der Waals surface area contributed by atoms with Crippen molar-refractivity contribution in [1.82, 2.24) is 20.6 Å². The molecule has 0 fully saturated rings. The van der Waals surface area contributed by atoms with Gasteiger partial charge in [-0.15, -0.1) is 10.2 Å². The minimum absolute atomic E-state index is 0.123. The third-order valence-corrected chi connectivity index (χ3v) is 3.71. The number of ether oxygens (including phenoxy) is 2. The number of carbonyl (C=O) groups is 1. The molecule has 0 aliphatic rings. The Morgan fingerprint density at radius 1 is 1.19 bits per heavy atom. The molecular weight excluding hydrogens is 334 g/mol. The average Bonchev–Trinajstić information content (AvgIpc) is 3.15. The van der Waals surface area contributed by atoms with Gasteiger partial charge in [0.05, 0.1) is 18.8 Å². The largest absolute Gasteiger partial charge is 0.497 e. The summed E-state index contributed by atoms with van der Waals surface area (Å²) in [6.45, 7) is 3.76. The van der Waals surface area contributed by atoms with Crippen molar-refractivity contribution in [2.24, 2.45) is 5.73 Å². The molecule has 0 aliphatic heterocycles. The molecule has 8 nitrogen and oxygen atoms in total. The van der Waals surface area contributed by atoms with Gasteiger partial charge in [0.25, 0.3) is 5.91 Å². The molecule has 2 aromatic carbocycles. The van der Waals surface area contributed by atoms with Crippen LogP contribution in [0.2, 0.25) is 0 Å². The Hall–Kier alpha value is -3.42. The predicted molar refractivity (Wildman–Crippen MR) is 95.9 cm³/mol. The lowest BCUT2D eigenvalue weighted by atomic mass is 9.95. The van der Waals surface area contributed by atoms with Gasteiger partial charge in [0, 0.05) is 5.56 Å². The van der Waals surface area contributed by atoms with E-state index in [0.29, 0.717) is 22.9 Å². The van der Waals surface area contributed by atoms with Gasteiger partial charge >= 0.3 is 0 Å². The van der Waals surface area contributed by atoms with Crippen molar-refractivity contribution in [3.63, 3.8) is 0 Å². The van der Waals surface area contributed by atoms with Gasteiger partial charge in [-0.1, -0.05) is 12.1 Å². The Morgan fingerprint density at radius 2 is 2.00 bits per heavy atom. The second-order valence-corrected chi connectivity index (χ2v) is 5.89. The summed E-state index contributed by atoms with van der Waals surface area (Å²) in [5.74, 6) is 0.855. The van der Waals surface area contributed by atoms with Crippen molar-refractivity contribution < 1.29 is 14.3 Å². The number of tetrazole rings is 1. The van der Waals surface area contributed by atoms with Crippen LogP contribution in [0.25, 0.3) is 22.5 Å². The molecule has 1 heterocycles. The third-order valence-electron chi connectivity index (χ3n) is 3.71. The van der Waals surface area contributed by atoms with Crippen molar-refractivity contribution in [3.05, 3.63) is 42.0 Å².